The summed E-state index contributed by atoms with van der Waals surface area (Å²) in [4.78, 5) is 90.2. The van der Waals surface area contributed by atoms with Gasteiger partial charge in [-0.2, -0.15) is 0 Å². The number of nitrogens with zero attached hydrogens (tertiary/aromatic N) is 1. The van der Waals surface area contributed by atoms with Gasteiger partial charge in [0.1, 0.15) is 29.9 Å². The highest BCUT2D eigenvalue weighted by Gasteiger charge is 2.33. The molecule has 0 heterocycles. The highest BCUT2D eigenvalue weighted by molar-refractivity contribution is 5.95. The molecule has 20 heteroatoms. The average Bonchev–Trinajstić information content (AvgIpc) is 3.09. The normalized spacial score (nSPS) is 13.3. The van der Waals surface area contributed by atoms with Gasteiger partial charge in [-0.05, 0) is 62.3 Å². The van der Waals surface area contributed by atoms with Crippen LogP contribution >= 0.6 is 0 Å². The number of hydrogen-bond donors (Lipinski definition) is 11. The van der Waals surface area contributed by atoms with Crippen LogP contribution in [0, 0.1) is 5.92 Å². The molecule has 0 fully saturated rings. The number of methoxy groups -OCH3 is 1. The van der Waals surface area contributed by atoms with Crippen LogP contribution in [0.5, 0.6) is 5.75 Å². The Kier molecular flexibility index (Phi) is 23.6. The van der Waals surface area contributed by atoms with Gasteiger partial charge in [-0.25, -0.2) is 4.79 Å². The third-order valence-corrected chi connectivity index (χ3v) is 7.59. The van der Waals surface area contributed by atoms with E-state index in [1.165, 1.54) is 12.1 Å². The van der Waals surface area contributed by atoms with E-state index in [2.05, 4.69) is 26.3 Å². The molecule has 1 aromatic carbocycles. The number of phenolic OH excluding ortho intramolecular Hbond substituents is 1. The Morgan fingerprint density at radius 1 is 0.778 bits per heavy atom. The Labute approximate surface area is 314 Å². The Bertz CT molecular complexity index is 1400. The van der Waals surface area contributed by atoms with Gasteiger partial charge in [0.15, 0.2) is 5.96 Å². The van der Waals surface area contributed by atoms with Crippen molar-refractivity contribution in [1.29, 1.82) is 0 Å². The van der Waals surface area contributed by atoms with Gasteiger partial charge >= 0.3 is 11.9 Å². The fraction of sp³-hybridized carbons (Fsp3) is 0.588. The van der Waals surface area contributed by atoms with E-state index in [1.54, 1.807) is 26.0 Å². The second-order valence-corrected chi connectivity index (χ2v) is 12.6. The fourth-order valence-electron chi connectivity index (χ4n) is 4.75. The van der Waals surface area contributed by atoms with Crippen molar-refractivity contribution >= 4 is 47.5 Å². The Balaban J connectivity index is 0.00000666. The van der Waals surface area contributed by atoms with E-state index in [1.807, 2.05) is 0 Å². The lowest BCUT2D eigenvalue weighted by molar-refractivity contribution is -0.145. The molecule has 0 unspecified atom stereocenters. The monoisotopic (exact) mass is 767 g/mol. The van der Waals surface area contributed by atoms with Gasteiger partial charge in [-0.3, -0.25) is 33.8 Å². The molecule has 0 aromatic heterocycles. The van der Waals surface area contributed by atoms with Crippen LogP contribution in [0.4, 0.5) is 0 Å². The number of phenols is 1. The first-order valence-electron chi connectivity index (χ1n) is 17.3. The minimum absolute atomic E-state index is 0.0149. The average molecular weight is 768 g/mol. The van der Waals surface area contributed by atoms with Crippen molar-refractivity contribution in [3.8, 4) is 5.75 Å². The third-order valence-electron chi connectivity index (χ3n) is 7.59. The molecule has 0 bridgehead atoms. The Hall–Kier alpha value is -5.50. The molecule has 0 saturated carbocycles. The van der Waals surface area contributed by atoms with E-state index in [-0.39, 0.29) is 43.9 Å². The molecule has 4 amide bonds. The number of benzene rings is 1. The molecule has 1 aromatic rings. The van der Waals surface area contributed by atoms with Gasteiger partial charge in [0, 0.05) is 26.3 Å². The third kappa shape index (κ3) is 21.1. The Morgan fingerprint density at radius 3 is 1.83 bits per heavy atom. The van der Waals surface area contributed by atoms with E-state index in [4.69, 9.17) is 37.6 Å². The fourth-order valence-corrected chi connectivity index (χ4v) is 4.75. The van der Waals surface area contributed by atoms with Crippen LogP contribution in [0.2, 0.25) is 0 Å². The number of carbonyl (C=O) groups excluding carboxylic acids is 5. The first-order valence-corrected chi connectivity index (χ1v) is 17.3. The number of unbranched alkanes of at least 4 members (excludes halogenated alkanes) is 1. The maximum atomic E-state index is 13.6. The van der Waals surface area contributed by atoms with Gasteiger partial charge in [0.05, 0.1) is 13.2 Å². The van der Waals surface area contributed by atoms with Crippen molar-refractivity contribution < 1.29 is 53.6 Å². The number of guanidine groups is 1. The van der Waals surface area contributed by atoms with Crippen LogP contribution < -0.4 is 44.2 Å². The zero-order valence-electron chi connectivity index (χ0n) is 31.2. The summed E-state index contributed by atoms with van der Waals surface area (Å²) in [5.74, 6) is -6.51. The van der Waals surface area contributed by atoms with Crippen LogP contribution in [0.15, 0.2) is 29.3 Å². The van der Waals surface area contributed by atoms with E-state index >= 15 is 0 Å². The lowest BCUT2D eigenvalue weighted by atomic mass is 10.00. The molecule has 0 aliphatic carbocycles. The first-order chi connectivity index (χ1) is 25.3. The SMILES string of the molecule is CC(=O)O.COC(=O)[C@H](Cc1ccc(O)cc1)NC(=O)[C@@H](NC(=O)[C@H](CCC(=O)O)NC(=O)[C@H](CCCN=C(N)N)NC(=O)[C@H](N)CCCCN)C(C)C. The molecular weight excluding hydrogens is 710 g/mol. The van der Waals surface area contributed by atoms with Crippen LogP contribution in [0.3, 0.4) is 0 Å². The van der Waals surface area contributed by atoms with E-state index in [0.29, 0.717) is 31.4 Å². The van der Waals surface area contributed by atoms with Crippen molar-refractivity contribution in [3.63, 3.8) is 0 Å². The van der Waals surface area contributed by atoms with Crippen LogP contribution in [0.1, 0.15) is 71.3 Å². The summed E-state index contributed by atoms with van der Waals surface area (Å²) in [5, 5.41) is 36.6. The number of hydrogen-bond acceptors (Lipinski definition) is 12. The lowest BCUT2D eigenvalue weighted by Crippen LogP contribution is -2.59. The Morgan fingerprint density at radius 2 is 1.31 bits per heavy atom. The number of nitrogens with one attached hydrogen (secondary N) is 4. The number of aliphatic imine (C=N–C) groups is 1. The predicted molar refractivity (Wildman–Crippen MR) is 197 cm³/mol. The summed E-state index contributed by atoms with van der Waals surface area (Å²) in [7, 11) is 1.15. The number of carboxylic acid groups (broad SMARTS) is 2. The maximum Gasteiger partial charge on any atom is 0.328 e. The molecule has 304 valence electrons. The zero-order chi connectivity index (χ0) is 41.4. The molecule has 0 radical (unpaired) electrons. The quantitative estimate of drug-likeness (QED) is 0.0252. The summed E-state index contributed by atoms with van der Waals surface area (Å²) in [6, 6.07) is 0.0514. The van der Waals surface area contributed by atoms with Gasteiger partial charge < -0.3 is 64.3 Å². The number of esters is 1. The van der Waals surface area contributed by atoms with Crippen molar-refractivity contribution in [1.82, 2.24) is 21.3 Å². The van der Waals surface area contributed by atoms with Crippen molar-refractivity contribution in [2.75, 3.05) is 20.2 Å². The van der Waals surface area contributed by atoms with Gasteiger partial charge in [-0.1, -0.05) is 32.4 Å². The standard InChI is InChI=1S/C32H53N9O9.C2H4O2/c1-18(2)26(30(48)40-24(31(49)50-3)17-19-9-11-20(42)12-10-19)41-29(47)23(13-14-25(43)44)39-28(46)22(8-6-16-37-32(35)36)38-27(45)21(34)7-4-5-15-33;1-2(3)4/h9-12,18,21-24,26,42H,4-8,13-17,33-34H2,1-3H3,(H,38,45)(H,39,46)(H,40,48)(H,41,47)(H,43,44)(H4,35,36,37);1H3,(H,3,4)/t21-,22+,23+,24+,26+;/m1./s1. The van der Waals surface area contributed by atoms with Crippen molar-refractivity contribution in [2.24, 2.45) is 33.8 Å². The highest BCUT2D eigenvalue weighted by Crippen LogP contribution is 2.13. The number of aliphatic carboxylic acids is 2. The second-order valence-electron chi connectivity index (χ2n) is 12.6. The zero-order valence-corrected chi connectivity index (χ0v) is 31.2. The number of nitrogens with two attached hydrogens (primary N) is 4. The molecule has 0 spiro atoms. The number of rotatable bonds is 23. The van der Waals surface area contributed by atoms with Gasteiger partial charge in [0.25, 0.3) is 5.97 Å². The van der Waals surface area contributed by atoms with Crippen LogP contribution in [-0.4, -0.2) is 113 Å². The van der Waals surface area contributed by atoms with Gasteiger partial charge in [-0.15, -0.1) is 0 Å². The topological polar surface area (TPSA) is 354 Å². The predicted octanol–water partition coefficient (Wildman–Crippen LogP) is -1.83. The summed E-state index contributed by atoms with van der Waals surface area (Å²) in [5.41, 5.74) is 22.9. The molecule has 0 aliphatic heterocycles. The number of amides is 4. The largest absolute Gasteiger partial charge is 0.508 e. The molecule has 0 saturated heterocycles. The van der Waals surface area contributed by atoms with Crippen molar-refractivity contribution in [2.45, 2.75) is 102 Å². The number of carbonyl (C=O) groups is 7. The van der Waals surface area contributed by atoms with Crippen LogP contribution in [0.25, 0.3) is 0 Å². The van der Waals surface area contributed by atoms with Gasteiger partial charge in [0.2, 0.25) is 23.6 Å². The number of carboxylic acids is 2. The molecule has 15 N–H and O–H groups in total. The molecular formula is C34H57N9O11. The van der Waals surface area contributed by atoms with Crippen LogP contribution in [-0.2, 0) is 44.7 Å². The number of ether oxygens (including phenoxy) is 1. The molecule has 1 rings (SSSR count). The molecule has 5 atom stereocenters. The summed E-state index contributed by atoms with van der Waals surface area (Å²) in [6.07, 6.45) is 1.02. The summed E-state index contributed by atoms with van der Waals surface area (Å²) >= 11 is 0. The molecule has 20 nitrogen and oxygen atoms in total. The smallest absolute Gasteiger partial charge is 0.328 e. The highest BCUT2D eigenvalue weighted by atomic mass is 16.5. The van der Waals surface area contributed by atoms with E-state index in [0.717, 1.165) is 14.0 Å². The molecule has 54 heavy (non-hydrogen) atoms. The minimum atomic E-state index is -1.43. The van der Waals surface area contributed by atoms with E-state index in [9.17, 15) is 39.0 Å². The minimum Gasteiger partial charge on any atom is -0.508 e. The summed E-state index contributed by atoms with van der Waals surface area (Å²) in [6.45, 7) is 4.93. The maximum absolute atomic E-state index is 13.6. The molecule has 0 aliphatic rings. The van der Waals surface area contributed by atoms with Crippen molar-refractivity contribution in [3.05, 3.63) is 29.8 Å². The lowest BCUT2D eigenvalue weighted by Gasteiger charge is -2.28. The second kappa shape index (κ2) is 26.3. The van der Waals surface area contributed by atoms with E-state index < -0.39 is 84.1 Å². The first kappa shape index (κ1) is 48.5. The number of aromatic hydroxyl groups is 1. The summed E-state index contributed by atoms with van der Waals surface area (Å²) < 4.78 is 4.85.